The van der Waals surface area contributed by atoms with Crippen LogP contribution in [0.5, 0.6) is 0 Å². The first kappa shape index (κ1) is 13.8. The molecule has 108 valence electrons. The third kappa shape index (κ3) is 2.23. The number of aryl methyl sites for hydroxylation is 1. The molecule has 6 heteroatoms. The van der Waals surface area contributed by atoms with Gasteiger partial charge < -0.3 is 10.3 Å². The summed E-state index contributed by atoms with van der Waals surface area (Å²) in [6.07, 6.45) is 1.45. The fourth-order valence-corrected chi connectivity index (χ4v) is 2.71. The number of nitrogens with two attached hydrogens (primary N) is 1. The molecule has 0 saturated heterocycles. The average Bonchev–Trinajstić information content (AvgIpc) is 2.69. The van der Waals surface area contributed by atoms with Gasteiger partial charge >= 0.3 is 0 Å². The molecule has 0 atom stereocenters. The number of halogens is 2. The smallest absolute Gasteiger partial charge is 0.146 e. The topological polar surface area (TPSA) is 56.7 Å². The third-order valence-corrected chi connectivity index (χ3v) is 4.05. The van der Waals surface area contributed by atoms with Crippen LogP contribution in [0.15, 0.2) is 24.5 Å². The van der Waals surface area contributed by atoms with Gasteiger partial charge in [0.25, 0.3) is 0 Å². The zero-order chi connectivity index (χ0) is 15.1. The van der Waals surface area contributed by atoms with Crippen LogP contribution >= 0.6 is 11.6 Å². The van der Waals surface area contributed by atoms with Crippen LogP contribution in [0.1, 0.15) is 16.8 Å². The molecule has 4 nitrogen and oxygen atoms in total. The summed E-state index contributed by atoms with van der Waals surface area (Å²) >= 11 is 5.84. The fraction of sp³-hybridized carbons (Fsp3) is 0.200. The lowest BCUT2D eigenvalue weighted by Crippen LogP contribution is -2.03. The second kappa shape index (κ2) is 5.00. The lowest BCUT2D eigenvalue weighted by atomic mass is 10.2. The van der Waals surface area contributed by atoms with E-state index < -0.39 is 5.82 Å². The first-order valence-corrected chi connectivity index (χ1v) is 6.86. The summed E-state index contributed by atoms with van der Waals surface area (Å²) in [6.45, 7) is 4.54. The molecule has 0 spiro atoms. The number of nitrogen functional groups attached to an aromatic ring is 1. The molecule has 2 heterocycles. The van der Waals surface area contributed by atoms with Gasteiger partial charge in [-0.1, -0.05) is 17.7 Å². The summed E-state index contributed by atoms with van der Waals surface area (Å²) < 4.78 is 15.3. The zero-order valence-corrected chi connectivity index (χ0v) is 12.4. The molecule has 3 rings (SSSR count). The molecule has 0 aliphatic carbocycles. The van der Waals surface area contributed by atoms with Crippen LogP contribution in [0.3, 0.4) is 0 Å². The maximum absolute atomic E-state index is 13.3. The van der Waals surface area contributed by atoms with Crippen molar-refractivity contribution in [3.63, 3.8) is 0 Å². The van der Waals surface area contributed by atoms with Crippen molar-refractivity contribution in [2.45, 2.75) is 20.4 Å². The monoisotopic (exact) mass is 304 g/mol. The highest BCUT2D eigenvalue weighted by Crippen LogP contribution is 2.28. The Kier molecular flexibility index (Phi) is 3.29. The summed E-state index contributed by atoms with van der Waals surface area (Å²) in [5.74, 6) is 0.0498. The molecule has 21 heavy (non-hydrogen) atoms. The van der Waals surface area contributed by atoms with Crippen LogP contribution in [-0.2, 0) is 6.54 Å². The van der Waals surface area contributed by atoms with Gasteiger partial charge in [-0.3, -0.25) is 0 Å². The van der Waals surface area contributed by atoms with Crippen molar-refractivity contribution in [3.8, 4) is 0 Å². The second-order valence-electron chi connectivity index (χ2n) is 5.00. The maximum atomic E-state index is 13.3. The van der Waals surface area contributed by atoms with Crippen molar-refractivity contribution in [2.24, 2.45) is 0 Å². The van der Waals surface area contributed by atoms with Gasteiger partial charge in [-0.25, -0.2) is 14.4 Å². The lowest BCUT2D eigenvalue weighted by molar-refractivity contribution is 0.626. The number of benzene rings is 1. The summed E-state index contributed by atoms with van der Waals surface area (Å²) in [5, 5.41) is 0.982. The minimum absolute atomic E-state index is 0.118. The predicted molar refractivity (Wildman–Crippen MR) is 81.9 cm³/mol. The molecular weight excluding hydrogens is 291 g/mol. The largest absolute Gasteiger partial charge is 0.383 e. The van der Waals surface area contributed by atoms with E-state index in [9.17, 15) is 4.39 Å². The Balaban J connectivity index is 2.14. The number of aromatic nitrogens is 3. The normalized spacial score (nSPS) is 11.2. The molecular formula is C15H14ClFN4. The van der Waals surface area contributed by atoms with Crippen molar-refractivity contribution < 1.29 is 4.39 Å². The SMILES string of the molecule is Cc1c(C)n(Cc2ccc(F)c(Cl)c2)c2ncnc(N)c12. The molecule has 2 N–H and O–H groups in total. The zero-order valence-electron chi connectivity index (χ0n) is 11.7. The van der Waals surface area contributed by atoms with E-state index in [4.69, 9.17) is 17.3 Å². The minimum Gasteiger partial charge on any atom is -0.383 e. The minimum atomic E-state index is -0.419. The molecule has 3 aromatic rings. The fourth-order valence-electron chi connectivity index (χ4n) is 2.51. The molecule has 2 aromatic heterocycles. The molecule has 1 aromatic carbocycles. The predicted octanol–water partition coefficient (Wildman–Crippen LogP) is 3.47. The Hall–Kier alpha value is -2.14. The Labute approximate surface area is 126 Å². The number of fused-ring (bicyclic) bond motifs is 1. The number of hydrogen-bond acceptors (Lipinski definition) is 3. The van der Waals surface area contributed by atoms with E-state index in [1.165, 1.54) is 12.4 Å². The number of anilines is 1. The van der Waals surface area contributed by atoms with Crippen LogP contribution in [0.2, 0.25) is 5.02 Å². The summed E-state index contributed by atoms with van der Waals surface area (Å²) in [4.78, 5) is 8.36. The van der Waals surface area contributed by atoms with Crippen molar-refractivity contribution in [3.05, 3.63) is 52.2 Å². The summed E-state index contributed by atoms with van der Waals surface area (Å²) in [7, 11) is 0. The quantitative estimate of drug-likeness (QED) is 0.788. The molecule has 0 fully saturated rings. The summed E-state index contributed by atoms with van der Waals surface area (Å²) in [6, 6.07) is 4.71. The van der Waals surface area contributed by atoms with Gasteiger partial charge in [0.1, 0.15) is 23.6 Å². The van der Waals surface area contributed by atoms with Gasteiger partial charge in [0.2, 0.25) is 0 Å². The molecule has 0 unspecified atom stereocenters. The van der Waals surface area contributed by atoms with Gasteiger partial charge in [0.15, 0.2) is 0 Å². The van der Waals surface area contributed by atoms with E-state index in [0.29, 0.717) is 12.4 Å². The first-order chi connectivity index (χ1) is 9.99. The highest BCUT2D eigenvalue weighted by atomic mass is 35.5. The number of rotatable bonds is 2. The molecule has 0 aliphatic heterocycles. The van der Waals surface area contributed by atoms with Crippen LogP contribution in [0.4, 0.5) is 10.2 Å². The Morgan fingerprint density at radius 2 is 2.05 bits per heavy atom. The van der Waals surface area contributed by atoms with E-state index in [1.54, 1.807) is 12.1 Å². The highest BCUT2D eigenvalue weighted by molar-refractivity contribution is 6.30. The van der Waals surface area contributed by atoms with Gasteiger partial charge in [-0.2, -0.15) is 0 Å². The van der Waals surface area contributed by atoms with Gasteiger partial charge in [0, 0.05) is 12.2 Å². The van der Waals surface area contributed by atoms with Crippen LogP contribution in [0, 0.1) is 19.7 Å². The standard InChI is InChI=1S/C15H14ClFN4/c1-8-9(2)21(15-13(8)14(18)19-7-20-15)6-10-3-4-12(17)11(16)5-10/h3-5,7H,6H2,1-2H3,(H2,18,19,20). The van der Waals surface area contributed by atoms with Crippen LogP contribution in [0.25, 0.3) is 11.0 Å². The number of nitrogens with zero attached hydrogens (tertiary/aromatic N) is 3. The molecule has 0 aliphatic rings. The molecule has 0 saturated carbocycles. The van der Waals surface area contributed by atoms with Crippen molar-refractivity contribution in [2.75, 3.05) is 5.73 Å². The number of hydrogen-bond donors (Lipinski definition) is 1. The van der Waals surface area contributed by atoms with E-state index in [2.05, 4.69) is 9.97 Å². The van der Waals surface area contributed by atoms with Crippen LogP contribution in [-0.4, -0.2) is 14.5 Å². The maximum Gasteiger partial charge on any atom is 0.146 e. The van der Waals surface area contributed by atoms with Crippen molar-refractivity contribution >= 4 is 28.5 Å². The Morgan fingerprint density at radius 3 is 2.76 bits per heavy atom. The van der Waals surface area contributed by atoms with Crippen molar-refractivity contribution in [1.82, 2.24) is 14.5 Å². The molecule has 0 amide bonds. The van der Waals surface area contributed by atoms with Crippen molar-refractivity contribution in [1.29, 1.82) is 0 Å². The summed E-state index contributed by atoms with van der Waals surface area (Å²) in [5.41, 5.74) is 9.72. The van der Waals surface area contributed by atoms with Crippen LogP contribution < -0.4 is 5.73 Å². The van der Waals surface area contributed by atoms with Gasteiger partial charge in [-0.05, 0) is 37.1 Å². The molecule has 0 radical (unpaired) electrons. The Morgan fingerprint density at radius 1 is 1.29 bits per heavy atom. The van der Waals surface area contributed by atoms with E-state index in [0.717, 1.165) is 27.9 Å². The van der Waals surface area contributed by atoms with E-state index in [-0.39, 0.29) is 5.02 Å². The van der Waals surface area contributed by atoms with E-state index in [1.807, 2.05) is 18.4 Å². The van der Waals surface area contributed by atoms with Gasteiger partial charge in [0.05, 0.1) is 10.4 Å². The second-order valence-corrected chi connectivity index (χ2v) is 5.41. The third-order valence-electron chi connectivity index (χ3n) is 3.76. The average molecular weight is 305 g/mol. The van der Waals surface area contributed by atoms with Gasteiger partial charge in [-0.15, -0.1) is 0 Å². The molecule has 0 bridgehead atoms. The highest BCUT2D eigenvalue weighted by Gasteiger charge is 2.15. The first-order valence-electron chi connectivity index (χ1n) is 6.49. The lowest BCUT2D eigenvalue weighted by Gasteiger charge is -2.08. The Bertz CT molecular complexity index is 841. The van der Waals surface area contributed by atoms with E-state index >= 15 is 0 Å².